The monoisotopic (exact) mass is 311 g/mol. The molecule has 5 heteroatoms. The first-order valence-corrected chi connectivity index (χ1v) is 9.04. The summed E-state index contributed by atoms with van der Waals surface area (Å²) in [5.74, 6) is 1.77. The molecule has 2 amide bonds. The second kappa shape index (κ2) is 7.43. The predicted octanol–water partition coefficient (Wildman–Crippen LogP) is 2.65. The summed E-state index contributed by atoms with van der Waals surface area (Å²) in [5.41, 5.74) is 0. The van der Waals surface area contributed by atoms with E-state index >= 15 is 0 Å². The number of hydrogen-bond acceptors (Lipinski definition) is 4. The molecule has 0 bridgehead atoms. The van der Waals surface area contributed by atoms with Crippen LogP contribution < -0.4 is 0 Å². The maximum Gasteiger partial charge on any atom is 0.242 e. The van der Waals surface area contributed by atoms with Gasteiger partial charge in [0.25, 0.3) is 0 Å². The van der Waals surface area contributed by atoms with Crippen LogP contribution in [0.3, 0.4) is 0 Å². The van der Waals surface area contributed by atoms with E-state index in [1.54, 1.807) is 18.7 Å². The third-order valence-corrected chi connectivity index (χ3v) is 6.00. The van der Waals surface area contributed by atoms with E-state index in [9.17, 15) is 14.4 Å². The highest BCUT2D eigenvalue weighted by atomic mass is 32.2. The van der Waals surface area contributed by atoms with Crippen molar-refractivity contribution in [3.8, 4) is 0 Å². The second-order valence-electron chi connectivity index (χ2n) is 6.23. The molecule has 1 aliphatic carbocycles. The maximum absolute atomic E-state index is 12.3. The number of amides is 2. The van der Waals surface area contributed by atoms with Gasteiger partial charge in [-0.05, 0) is 50.7 Å². The number of thioether (sulfide) groups is 1. The van der Waals surface area contributed by atoms with E-state index in [0.29, 0.717) is 18.9 Å². The van der Waals surface area contributed by atoms with Gasteiger partial charge in [0.1, 0.15) is 5.78 Å². The van der Waals surface area contributed by atoms with Gasteiger partial charge in [0.15, 0.2) is 0 Å². The number of hydrogen-bond donors (Lipinski definition) is 0. The number of ketones is 1. The minimum absolute atomic E-state index is 0.00661. The van der Waals surface area contributed by atoms with E-state index in [1.165, 1.54) is 4.90 Å². The first kappa shape index (κ1) is 16.5. The molecule has 1 saturated carbocycles. The Labute approximate surface area is 131 Å². The molecule has 0 aromatic rings. The molecule has 1 unspecified atom stereocenters. The van der Waals surface area contributed by atoms with Crippen molar-refractivity contribution in [1.29, 1.82) is 0 Å². The van der Waals surface area contributed by atoms with Gasteiger partial charge in [-0.1, -0.05) is 6.92 Å². The van der Waals surface area contributed by atoms with Crippen LogP contribution in [-0.2, 0) is 14.4 Å². The Hall–Kier alpha value is -0.840. The van der Waals surface area contributed by atoms with Crippen molar-refractivity contribution in [3.05, 3.63) is 0 Å². The van der Waals surface area contributed by atoms with Crippen LogP contribution in [0, 0.1) is 11.8 Å². The first-order valence-electron chi connectivity index (χ1n) is 7.99. The third kappa shape index (κ3) is 4.09. The number of carbonyl (C=O) groups excluding carboxylic acids is 3. The minimum Gasteiger partial charge on any atom is -0.300 e. The Kier molecular flexibility index (Phi) is 5.85. The Morgan fingerprint density at radius 1 is 1.24 bits per heavy atom. The molecule has 1 atom stereocenters. The van der Waals surface area contributed by atoms with Gasteiger partial charge in [-0.3, -0.25) is 19.3 Å². The van der Waals surface area contributed by atoms with Crippen molar-refractivity contribution in [2.45, 2.75) is 57.6 Å². The first-order chi connectivity index (χ1) is 10.0. The second-order valence-corrected chi connectivity index (χ2v) is 7.55. The van der Waals surface area contributed by atoms with Gasteiger partial charge in [0.05, 0.1) is 5.25 Å². The number of Topliss-reactive ketones (excluding diaryl/α,β-unsaturated/α-hetero) is 1. The lowest BCUT2D eigenvalue weighted by molar-refractivity contribution is -0.139. The van der Waals surface area contributed by atoms with E-state index in [1.807, 2.05) is 0 Å². The van der Waals surface area contributed by atoms with Gasteiger partial charge in [0.2, 0.25) is 11.8 Å². The smallest absolute Gasteiger partial charge is 0.242 e. The summed E-state index contributed by atoms with van der Waals surface area (Å²) in [6, 6.07) is 0. The van der Waals surface area contributed by atoms with Gasteiger partial charge in [-0.15, -0.1) is 11.8 Å². The average Bonchev–Trinajstić information content (AvgIpc) is 2.73. The predicted molar refractivity (Wildman–Crippen MR) is 84.0 cm³/mol. The fourth-order valence-electron chi connectivity index (χ4n) is 3.24. The molecule has 21 heavy (non-hydrogen) atoms. The summed E-state index contributed by atoms with van der Waals surface area (Å²) >= 11 is 1.61. The number of carbonyl (C=O) groups is 3. The lowest BCUT2D eigenvalue weighted by Gasteiger charge is -2.29. The van der Waals surface area contributed by atoms with E-state index in [0.717, 1.165) is 37.9 Å². The molecule has 0 spiro atoms. The van der Waals surface area contributed by atoms with Crippen LogP contribution in [0.5, 0.6) is 0 Å². The summed E-state index contributed by atoms with van der Waals surface area (Å²) in [7, 11) is 0. The van der Waals surface area contributed by atoms with Gasteiger partial charge >= 0.3 is 0 Å². The SMILES string of the molecule is CCCSC1CC(=O)N(CC2CCC(C(C)=O)CC2)C1=O. The Bertz CT molecular complexity index is 416. The van der Waals surface area contributed by atoms with Crippen molar-refractivity contribution in [2.24, 2.45) is 11.8 Å². The molecule has 2 rings (SSSR count). The average molecular weight is 311 g/mol. The van der Waals surface area contributed by atoms with Crippen LogP contribution in [0.2, 0.25) is 0 Å². The minimum atomic E-state index is -0.161. The lowest BCUT2D eigenvalue weighted by atomic mass is 9.80. The van der Waals surface area contributed by atoms with Crippen LogP contribution in [0.15, 0.2) is 0 Å². The number of nitrogens with zero attached hydrogens (tertiary/aromatic N) is 1. The van der Waals surface area contributed by atoms with Crippen molar-refractivity contribution < 1.29 is 14.4 Å². The van der Waals surface area contributed by atoms with Gasteiger partial charge in [-0.2, -0.15) is 0 Å². The van der Waals surface area contributed by atoms with Gasteiger partial charge in [0, 0.05) is 18.9 Å². The number of likely N-dealkylation sites (tertiary alicyclic amines) is 1. The molecule has 0 N–H and O–H groups in total. The van der Waals surface area contributed by atoms with Gasteiger partial charge < -0.3 is 0 Å². The zero-order valence-corrected chi connectivity index (χ0v) is 13.8. The molecule has 0 radical (unpaired) electrons. The molecule has 1 heterocycles. The highest BCUT2D eigenvalue weighted by molar-refractivity contribution is 8.00. The van der Waals surface area contributed by atoms with Crippen molar-refractivity contribution in [1.82, 2.24) is 4.90 Å². The summed E-state index contributed by atoms with van der Waals surface area (Å²) in [5, 5.41) is -0.161. The standard InChI is InChI=1S/C16H25NO3S/c1-3-8-21-14-9-15(19)17(16(14)20)10-12-4-6-13(7-5-12)11(2)18/h12-14H,3-10H2,1-2H3. The van der Waals surface area contributed by atoms with Crippen molar-refractivity contribution >= 4 is 29.4 Å². The normalized spacial score (nSPS) is 30.0. The largest absolute Gasteiger partial charge is 0.300 e. The molecule has 4 nitrogen and oxygen atoms in total. The van der Waals surface area contributed by atoms with E-state index in [4.69, 9.17) is 0 Å². The quantitative estimate of drug-likeness (QED) is 0.708. The number of imide groups is 1. The molecular formula is C16H25NO3S. The maximum atomic E-state index is 12.3. The lowest BCUT2D eigenvalue weighted by Crippen LogP contribution is -2.37. The molecule has 1 saturated heterocycles. The Morgan fingerprint density at radius 3 is 2.48 bits per heavy atom. The van der Waals surface area contributed by atoms with E-state index in [-0.39, 0.29) is 28.8 Å². The Balaban J connectivity index is 1.84. The molecule has 2 aliphatic rings. The topological polar surface area (TPSA) is 54.5 Å². The zero-order chi connectivity index (χ0) is 15.4. The summed E-state index contributed by atoms with van der Waals surface area (Å²) < 4.78 is 0. The highest BCUT2D eigenvalue weighted by Crippen LogP contribution is 2.32. The summed E-state index contributed by atoms with van der Waals surface area (Å²) in [4.78, 5) is 37.2. The van der Waals surface area contributed by atoms with Crippen molar-refractivity contribution in [2.75, 3.05) is 12.3 Å². The van der Waals surface area contributed by atoms with Crippen molar-refractivity contribution in [3.63, 3.8) is 0 Å². The fourth-order valence-corrected chi connectivity index (χ4v) is 4.30. The van der Waals surface area contributed by atoms with Crippen LogP contribution in [-0.4, -0.2) is 40.0 Å². The zero-order valence-electron chi connectivity index (χ0n) is 13.0. The van der Waals surface area contributed by atoms with Crippen LogP contribution in [0.4, 0.5) is 0 Å². The van der Waals surface area contributed by atoms with Crippen LogP contribution in [0.1, 0.15) is 52.4 Å². The molecule has 0 aromatic heterocycles. The van der Waals surface area contributed by atoms with Crippen LogP contribution >= 0.6 is 11.8 Å². The molecule has 118 valence electrons. The third-order valence-electron chi connectivity index (χ3n) is 4.59. The van der Waals surface area contributed by atoms with E-state index < -0.39 is 0 Å². The molecule has 0 aromatic carbocycles. The molecular weight excluding hydrogens is 286 g/mol. The highest BCUT2D eigenvalue weighted by Gasteiger charge is 2.40. The fraction of sp³-hybridized carbons (Fsp3) is 0.812. The summed E-state index contributed by atoms with van der Waals surface area (Å²) in [6.45, 7) is 4.30. The Morgan fingerprint density at radius 2 is 1.90 bits per heavy atom. The summed E-state index contributed by atoms with van der Waals surface area (Å²) in [6.07, 6.45) is 5.11. The molecule has 2 fully saturated rings. The molecule has 1 aliphatic heterocycles. The van der Waals surface area contributed by atoms with Crippen LogP contribution in [0.25, 0.3) is 0 Å². The van der Waals surface area contributed by atoms with E-state index in [2.05, 4.69) is 6.92 Å². The van der Waals surface area contributed by atoms with Gasteiger partial charge in [-0.25, -0.2) is 0 Å². The number of rotatable bonds is 6.